The van der Waals surface area contributed by atoms with Crippen LogP contribution in [0.15, 0.2) is 0 Å². The lowest BCUT2D eigenvalue weighted by atomic mass is 10.0. The zero-order valence-corrected chi connectivity index (χ0v) is 14.0. The topological polar surface area (TPSA) is 64.6 Å². The molecule has 2 atom stereocenters. The second-order valence-electron chi connectivity index (χ2n) is 6.52. The van der Waals surface area contributed by atoms with Crippen LogP contribution in [-0.4, -0.2) is 71.8 Å². The second kappa shape index (κ2) is 7.81. The molecule has 0 aromatic carbocycles. The van der Waals surface area contributed by atoms with Crippen molar-refractivity contribution in [1.29, 1.82) is 0 Å². The number of thioether (sulfide) groups is 1. The van der Waals surface area contributed by atoms with Gasteiger partial charge in [-0.1, -0.05) is 0 Å². The maximum absolute atomic E-state index is 12.5. The summed E-state index contributed by atoms with van der Waals surface area (Å²) in [6.45, 7) is 5.26. The number of aliphatic hydroxyl groups is 1. The third-order valence-corrected chi connectivity index (χ3v) is 5.38. The molecule has 5 nitrogen and oxygen atoms in total. The minimum absolute atomic E-state index is 0.00169. The van der Waals surface area contributed by atoms with Crippen LogP contribution < -0.4 is 10.6 Å². The number of nitrogens with one attached hydrogen (secondary N) is 2. The van der Waals surface area contributed by atoms with Gasteiger partial charge in [0, 0.05) is 18.3 Å². The number of carbonyl (C=O) groups excluding carboxylic acids is 1. The van der Waals surface area contributed by atoms with Crippen molar-refractivity contribution in [3.63, 3.8) is 0 Å². The van der Waals surface area contributed by atoms with Gasteiger partial charge < -0.3 is 15.7 Å². The summed E-state index contributed by atoms with van der Waals surface area (Å²) in [6.07, 6.45) is 6.28. The molecule has 0 aromatic heterocycles. The van der Waals surface area contributed by atoms with E-state index in [1.54, 1.807) is 18.7 Å². The van der Waals surface area contributed by atoms with E-state index in [4.69, 9.17) is 0 Å². The quantitative estimate of drug-likeness (QED) is 0.663. The highest BCUT2D eigenvalue weighted by Crippen LogP contribution is 2.24. The van der Waals surface area contributed by atoms with Crippen LogP contribution in [0.3, 0.4) is 0 Å². The highest BCUT2D eigenvalue weighted by Gasteiger charge is 2.36. The van der Waals surface area contributed by atoms with Crippen molar-refractivity contribution >= 4 is 17.7 Å². The lowest BCUT2D eigenvalue weighted by molar-refractivity contribution is -0.127. The summed E-state index contributed by atoms with van der Waals surface area (Å²) >= 11 is 1.60. The minimum Gasteiger partial charge on any atom is -0.387 e. The van der Waals surface area contributed by atoms with Gasteiger partial charge in [0.15, 0.2) is 0 Å². The first-order chi connectivity index (χ1) is 10.0. The Labute approximate surface area is 132 Å². The first-order valence-electron chi connectivity index (χ1n) is 7.99. The van der Waals surface area contributed by atoms with Gasteiger partial charge in [0.25, 0.3) is 0 Å². The molecule has 2 aliphatic heterocycles. The van der Waals surface area contributed by atoms with Crippen molar-refractivity contribution in [3.05, 3.63) is 0 Å². The zero-order chi connectivity index (χ0) is 15.3. The van der Waals surface area contributed by atoms with Crippen LogP contribution in [-0.2, 0) is 4.79 Å². The minimum atomic E-state index is -0.826. The van der Waals surface area contributed by atoms with Crippen molar-refractivity contribution in [2.24, 2.45) is 0 Å². The van der Waals surface area contributed by atoms with Crippen LogP contribution in [0, 0.1) is 0 Å². The Morgan fingerprint density at radius 1 is 1.43 bits per heavy atom. The Balaban J connectivity index is 1.85. The molecular weight excluding hydrogens is 286 g/mol. The van der Waals surface area contributed by atoms with E-state index in [9.17, 15) is 9.90 Å². The highest BCUT2D eigenvalue weighted by atomic mass is 32.2. The molecule has 0 aromatic rings. The molecule has 2 aliphatic rings. The summed E-state index contributed by atoms with van der Waals surface area (Å²) in [4.78, 5) is 14.9. The average molecular weight is 315 g/mol. The van der Waals surface area contributed by atoms with Crippen molar-refractivity contribution in [2.75, 3.05) is 38.2 Å². The third-order valence-electron chi connectivity index (χ3n) is 4.47. The maximum atomic E-state index is 12.5. The lowest BCUT2D eigenvalue weighted by Crippen LogP contribution is -2.53. The largest absolute Gasteiger partial charge is 0.387 e. The summed E-state index contributed by atoms with van der Waals surface area (Å²) in [5.74, 6) is 0.725. The van der Waals surface area contributed by atoms with E-state index in [0.29, 0.717) is 18.3 Å². The Kier molecular flexibility index (Phi) is 6.34. The van der Waals surface area contributed by atoms with Gasteiger partial charge in [-0.25, -0.2) is 0 Å². The predicted octanol–water partition coefficient (Wildman–Crippen LogP) is 0.433. The molecule has 2 saturated heterocycles. The van der Waals surface area contributed by atoms with Gasteiger partial charge in [-0.05, 0) is 58.5 Å². The number of carbonyl (C=O) groups is 1. The molecule has 2 rings (SSSR count). The van der Waals surface area contributed by atoms with Crippen molar-refractivity contribution in [1.82, 2.24) is 15.5 Å². The van der Waals surface area contributed by atoms with Crippen LogP contribution in [0.25, 0.3) is 0 Å². The third kappa shape index (κ3) is 4.84. The molecule has 0 radical (unpaired) electrons. The van der Waals surface area contributed by atoms with Crippen molar-refractivity contribution in [2.45, 2.75) is 50.3 Å². The molecule has 2 heterocycles. The molecule has 0 bridgehead atoms. The molecule has 2 unspecified atom stereocenters. The number of rotatable bonds is 6. The summed E-state index contributed by atoms with van der Waals surface area (Å²) < 4.78 is 0. The summed E-state index contributed by atoms with van der Waals surface area (Å²) in [7, 11) is 0. The fourth-order valence-corrected chi connectivity index (χ4v) is 4.13. The van der Waals surface area contributed by atoms with E-state index in [1.165, 1.54) is 0 Å². The predicted molar refractivity (Wildman–Crippen MR) is 87.6 cm³/mol. The maximum Gasteiger partial charge on any atom is 0.237 e. The number of likely N-dealkylation sites (tertiary alicyclic amines) is 1. The monoisotopic (exact) mass is 315 g/mol. The first-order valence-corrected chi connectivity index (χ1v) is 9.38. The van der Waals surface area contributed by atoms with Gasteiger partial charge in [0.2, 0.25) is 5.91 Å². The number of nitrogens with zero attached hydrogens (tertiary/aromatic N) is 1. The van der Waals surface area contributed by atoms with Crippen molar-refractivity contribution < 1.29 is 9.90 Å². The molecule has 3 N–H and O–H groups in total. The van der Waals surface area contributed by atoms with Crippen LogP contribution in [0.2, 0.25) is 0 Å². The summed E-state index contributed by atoms with van der Waals surface area (Å²) in [5.41, 5.74) is -0.826. The molecule has 2 fully saturated rings. The number of hydrogen-bond donors (Lipinski definition) is 3. The Morgan fingerprint density at radius 2 is 2.14 bits per heavy atom. The normalized spacial score (nSPS) is 27.5. The van der Waals surface area contributed by atoms with E-state index in [0.717, 1.165) is 45.3 Å². The van der Waals surface area contributed by atoms with Gasteiger partial charge in [-0.3, -0.25) is 9.69 Å². The molecule has 122 valence electrons. The van der Waals surface area contributed by atoms with Gasteiger partial charge in [-0.2, -0.15) is 11.8 Å². The summed E-state index contributed by atoms with van der Waals surface area (Å²) in [5, 5.41) is 16.5. The van der Waals surface area contributed by atoms with E-state index < -0.39 is 5.60 Å². The Hall–Kier alpha value is -0.300. The average Bonchev–Trinajstić information content (AvgIpc) is 2.95. The van der Waals surface area contributed by atoms with E-state index in [2.05, 4.69) is 15.5 Å². The molecule has 6 heteroatoms. The van der Waals surface area contributed by atoms with E-state index in [1.807, 2.05) is 6.26 Å². The van der Waals surface area contributed by atoms with Crippen molar-refractivity contribution in [3.8, 4) is 0 Å². The van der Waals surface area contributed by atoms with Gasteiger partial charge in [0.1, 0.15) is 0 Å². The van der Waals surface area contributed by atoms with Gasteiger partial charge >= 0.3 is 0 Å². The van der Waals surface area contributed by atoms with Crippen LogP contribution in [0.4, 0.5) is 0 Å². The fourth-order valence-electron chi connectivity index (χ4n) is 3.40. The fraction of sp³-hybridized carbons (Fsp3) is 0.933. The molecular formula is C15H29N3O2S. The molecule has 1 amide bonds. The first kappa shape index (κ1) is 17.1. The second-order valence-corrected chi connectivity index (χ2v) is 7.39. The van der Waals surface area contributed by atoms with Crippen LogP contribution >= 0.6 is 11.8 Å². The molecule has 21 heavy (non-hydrogen) atoms. The number of hydrogen-bond acceptors (Lipinski definition) is 5. The number of amides is 1. The highest BCUT2D eigenvalue weighted by molar-refractivity contribution is 7.98. The molecule has 0 spiro atoms. The summed E-state index contributed by atoms with van der Waals surface area (Å²) in [6, 6.07) is 0.536. The SMILES string of the molecule is CSCC(C)(O)CNC(=O)C1CCCN1C1CCNCC1. The standard InChI is InChI=1S/C15H29N3O2S/c1-15(20,11-21-2)10-17-14(19)13-4-3-9-18(13)12-5-7-16-8-6-12/h12-13,16,20H,3-11H2,1-2H3,(H,17,19). The Bertz CT molecular complexity index is 346. The van der Waals surface area contributed by atoms with Crippen LogP contribution in [0.1, 0.15) is 32.6 Å². The van der Waals surface area contributed by atoms with Crippen LogP contribution in [0.5, 0.6) is 0 Å². The number of piperidine rings is 1. The zero-order valence-electron chi connectivity index (χ0n) is 13.2. The van der Waals surface area contributed by atoms with E-state index >= 15 is 0 Å². The Morgan fingerprint density at radius 3 is 2.81 bits per heavy atom. The molecule has 0 aliphatic carbocycles. The van der Waals surface area contributed by atoms with Gasteiger partial charge in [-0.15, -0.1) is 0 Å². The van der Waals surface area contributed by atoms with Gasteiger partial charge in [0.05, 0.1) is 11.6 Å². The van der Waals surface area contributed by atoms with E-state index in [-0.39, 0.29) is 11.9 Å². The molecule has 0 saturated carbocycles. The smallest absolute Gasteiger partial charge is 0.237 e. The lowest BCUT2D eigenvalue weighted by Gasteiger charge is -2.35.